The van der Waals surface area contributed by atoms with Crippen LogP contribution >= 0.6 is 27.7 Å². The first-order valence-electron chi connectivity index (χ1n) is 10.3. The van der Waals surface area contributed by atoms with Gasteiger partial charge in [-0.25, -0.2) is 0 Å². The second-order valence-corrected chi connectivity index (χ2v) is 9.12. The maximum Gasteiger partial charge on any atom is 0.267 e. The standard InChI is InChI=1S/C27H21BrN2O2S/c1-2-15-32-24-14-13-22(16-23(24)28)17-25-26(31)30(19-21-11-7-4-8-12-21)27(33-25)29-18-20-9-5-3-6-10-20/h1,3-14,16-17H,15,18-19H2/b25-17+,29-27?. The first-order valence-corrected chi connectivity index (χ1v) is 11.9. The van der Waals surface area contributed by atoms with Crippen LogP contribution in [0.4, 0.5) is 0 Å². The summed E-state index contributed by atoms with van der Waals surface area (Å²) in [6, 6.07) is 25.6. The number of carbonyl (C=O) groups is 1. The van der Waals surface area contributed by atoms with E-state index in [2.05, 4.69) is 21.9 Å². The van der Waals surface area contributed by atoms with E-state index in [1.165, 1.54) is 11.8 Å². The van der Waals surface area contributed by atoms with Crippen LogP contribution < -0.4 is 4.74 Å². The molecule has 0 aliphatic carbocycles. The summed E-state index contributed by atoms with van der Waals surface area (Å²) in [5.74, 6) is 3.06. The van der Waals surface area contributed by atoms with Gasteiger partial charge in [-0.2, -0.15) is 0 Å². The predicted molar refractivity (Wildman–Crippen MR) is 139 cm³/mol. The van der Waals surface area contributed by atoms with Crippen molar-refractivity contribution in [2.75, 3.05) is 6.61 Å². The largest absolute Gasteiger partial charge is 0.480 e. The fraction of sp³-hybridized carbons (Fsp3) is 0.111. The molecule has 1 fully saturated rings. The summed E-state index contributed by atoms with van der Waals surface area (Å²) in [5, 5.41) is 0.701. The maximum atomic E-state index is 13.3. The molecule has 0 spiro atoms. The predicted octanol–water partition coefficient (Wildman–Crippen LogP) is 6.13. The van der Waals surface area contributed by atoms with Crippen molar-refractivity contribution in [2.45, 2.75) is 13.1 Å². The van der Waals surface area contributed by atoms with Gasteiger partial charge < -0.3 is 4.74 Å². The molecule has 3 aromatic carbocycles. The quantitative estimate of drug-likeness (QED) is 0.280. The molecule has 6 heteroatoms. The number of nitrogens with zero attached hydrogens (tertiary/aromatic N) is 2. The number of aliphatic imine (C=N–C) groups is 1. The number of ether oxygens (including phenoxy) is 1. The molecule has 33 heavy (non-hydrogen) atoms. The molecule has 0 aromatic heterocycles. The van der Waals surface area contributed by atoms with E-state index in [1.807, 2.05) is 84.9 Å². The average Bonchev–Trinajstić information content (AvgIpc) is 3.12. The number of hydrogen-bond donors (Lipinski definition) is 0. The number of carbonyl (C=O) groups excluding carboxylic acids is 1. The summed E-state index contributed by atoms with van der Waals surface area (Å²) in [7, 11) is 0. The molecule has 1 heterocycles. The third-order valence-corrected chi connectivity index (χ3v) is 6.54. The minimum Gasteiger partial charge on any atom is -0.480 e. The van der Waals surface area contributed by atoms with Crippen LogP contribution in [-0.4, -0.2) is 22.6 Å². The van der Waals surface area contributed by atoms with Crippen molar-refractivity contribution in [1.29, 1.82) is 0 Å². The molecule has 1 aliphatic heterocycles. The lowest BCUT2D eigenvalue weighted by Gasteiger charge is -2.15. The van der Waals surface area contributed by atoms with Crippen LogP contribution in [0.15, 0.2) is 93.2 Å². The smallest absolute Gasteiger partial charge is 0.267 e. The Morgan fingerprint density at radius 1 is 1.03 bits per heavy atom. The Hall–Kier alpha value is -3.27. The van der Waals surface area contributed by atoms with Crippen molar-refractivity contribution in [3.05, 3.63) is 105 Å². The van der Waals surface area contributed by atoms with Crippen molar-refractivity contribution >= 4 is 44.8 Å². The van der Waals surface area contributed by atoms with Crippen molar-refractivity contribution < 1.29 is 9.53 Å². The van der Waals surface area contributed by atoms with Gasteiger partial charge in [-0.05, 0) is 62.6 Å². The topological polar surface area (TPSA) is 41.9 Å². The Balaban J connectivity index is 1.60. The normalized spacial score (nSPS) is 15.8. The van der Waals surface area contributed by atoms with Gasteiger partial charge in [-0.15, -0.1) is 6.42 Å². The Morgan fingerprint density at radius 3 is 2.39 bits per heavy atom. The fourth-order valence-corrected chi connectivity index (χ4v) is 4.76. The van der Waals surface area contributed by atoms with Crippen LogP contribution in [0.5, 0.6) is 5.75 Å². The zero-order valence-corrected chi connectivity index (χ0v) is 20.2. The number of benzene rings is 3. The molecule has 4 rings (SSSR count). The molecule has 164 valence electrons. The number of halogens is 1. The van der Waals surface area contributed by atoms with Crippen LogP contribution in [-0.2, 0) is 17.9 Å². The molecule has 0 saturated carbocycles. The van der Waals surface area contributed by atoms with Gasteiger partial charge in [-0.1, -0.05) is 72.7 Å². The Kier molecular flexibility index (Phi) is 7.66. The summed E-state index contributed by atoms with van der Waals surface area (Å²) in [6.07, 6.45) is 7.15. The first kappa shape index (κ1) is 22.9. The molecule has 1 amide bonds. The third kappa shape index (κ3) is 5.95. The molecular formula is C27H21BrN2O2S. The molecule has 0 atom stereocenters. The minimum atomic E-state index is -0.0561. The summed E-state index contributed by atoms with van der Waals surface area (Å²) in [6.45, 7) is 1.19. The van der Waals surface area contributed by atoms with Gasteiger partial charge >= 0.3 is 0 Å². The van der Waals surface area contributed by atoms with E-state index in [-0.39, 0.29) is 12.5 Å². The van der Waals surface area contributed by atoms with Crippen molar-refractivity contribution in [3.8, 4) is 18.1 Å². The van der Waals surface area contributed by atoms with E-state index < -0.39 is 0 Å². The number of thioether (sulfide) groups is 1. The van der Waals surface area contributed by atoms with E-state index in [9.17, 15) is 4.79 Å². The Bertz CT molecular complexity index is 1230. The van der Waals surface area contributed by atoms with Gasteiger partial charge in [0.05, 0.1) is 22.5 Å². The maximum absolute atomic E-state index is 13.3. The molecule has 1 aliphatic rings. The number of terminal acetylenes is 1. The van der Waals surface area contributed by atoms with Crippen LogP contribution in [0.2, 0.25) is 0 Å². The molecule has 0 radical (unpaired) electrons. The van der Waals surface area contributed by atoms with Crippen LogP contribution in [0.3, 0.4) is 0 Å². The SMILES string of the molecule is C#CCOc1ccc(/C=C2/SC(=NCc3ccccc3)N(Cc3ccccc3)C2=O)cc1Br. The lowest BCUT2D eigenvalue weighted by Crippen LogP contribution is -2.28. The minimum absolute atomic E-state index is 0.0561. The van der Waals surface area contributed by atoms with Crippen LogP contribution in [0.1, 0.15) is 16.7 Å². The number of hydrogen-bond acceptors (Lipinski definition) is 4. The van der Waals surface area contributed by atoms with Crippen LogP contribution in [0.25, 0.3) is 6.08 Å². The number of amides is 1. The molecular weight excluding hydrogens is 496 g/mol. The van der Waals surface area contributed by atoms with Gasteiger partial charge in [0, 0.05) is 0 Å². The second kappa shape index (κ2) is 11.0. The Labute approximate surface area is 206 Å². The zero-order chi connectivity index (χ0) is 23.0. The highest BCUT2D eigenvalue weighted by molar-refractivity contribution is 9.10. The Morgan fingerprint density at radius 2 is 1.73 bits per heavy atom. The van der Waals surface area contributed by atoms with Crippen LogP contribution in [0, 0.1) is 12.3 Å². The van der Waals surface area contributed by atoms with E-state index in [4.69, 9.17) is 16.2 Å². The second-order valence-electron chi connectivity index (χ2n) is 7.25. The van der Waals surface area contributed by atoms with Crippen molar-refractivity contribution in [1.82, 2.24) is 4.90 Å². The van der Waals surface area contributed by atoms with Gasteiger partial charge in [0.15, 0.2) is 5.17 Å². The average molecular weight is 517 g/mol. The number of amidine groups is 1. The highest BCUT2D eigenvalue weighted by Gasteiger charge is 2.33. The third-order valence-electron chi connectivity index (χ3n) is 4.88. The highest BCUT2D eigenvalue weighted by Crippen LogP contribution is 2.35. The van der Waals surface area contributed by atoms with E-state index in [1.54, 1.807) is 4.90 Å². The lowest BCUT2D eigenvalue weighted by molar-refractivity contribution is -0.122. The molecule has 1 saturated heterocycles. The van der Waals surface area contributed by atoms with E-state index in [0.29, 0.717) is 28.9 Å². The molecule has 0 unspecified atom stereocenters. The summed E-state index contributed by atoms with van der Waals surface area (Å²) in [5.41, 5.74) is 3.04. The van der Waals surface area contributed by atoms with E-state index >= 15 is 0 Å². The molecule has 3 aromatic rings. The zero-order valence-electron chi connectivity index (χ0n) is 17.8. The first-order chi connectivity index (χ1) is 16.1. The van der Waals surface area contributed by atoms with Gasteiger partial charge in [0.2, 0.25) is 0 Å². The van der Waals surface area contributed by atoms with Crippen molar-refractivity contribution in [3.63, 3.8) is 0 Å². The monoisotopic (exact) mass is 516 g/mol. The van der Waals surface area contributed by atoms with Crippen molar-refractivity contribution in [2.24, 2.45) is 4.99 Å². The molecule has 0 bridgehead atoms. The summed E-state index contributed by atoms with van der Waals surface area (Å²) < 4.78 is 6.28. The highest BCUT2D eigenvalue weighted by atomic mass is 79.9. The molecule has 0 N–H and O–H groups in total. The van der Waals surface area contributed by atoms with Gasteiger partial charge in [-0.3, -0.25) is 14.7 Å². The summed E-state index contributed by atoms with van der Waals surface area (Å²) in [4.78, 5) is 20.5. The van der Waals surface area contributed by atoms with Gasteiger partial charge in [0.25, 0.3) is 5.91 Å². The van der Waals surface area contributed by atoms with Gasteiger partial charge in [0.1, 0.15) is 12.4 Å². The molecule has 4 nitrogen and oxygen atoms in total. The fourth-order valence-electron chi connectivity index (χ4n) is 3.27. The number of rotatable bonds is 7. The summed E-state index contributed by atoms with van der Waals surface area (Å²) >= 11 is 4.91. The van der Waals surface area contributed by atoms with E-state index in [0.717, 1.165) is 21.2 Å². The lowest BCUT2D eigenvalue weighted by atomic mass is 10.2.